The van der Waals surface area contributed by atoms with E-state index in [4.69, 9.17) is 0 Å². The molecule has 7 nitrogen and oxygen atoms in total. The molecule has 0 atom stereocenters. The highest BCUT2D eigenvalue weighted by Crippen LogP contribution is 2.19. The van der Waals surface area contributed by atoms with E-state index >= 15 is 0 Å². The maximum atomic E-state index is 12.2. The Morgan fingerprint density at radius 2 is 1.74 bits per heavy atom. The Balaban J connectivity index is 1.39. The SMILES string of the molecule is Cc1ccccc1/C=C/C(=O)Nc1ccc(Nc2cc(-n3ccnc3C)ncn2)cc1. The zero-order valence-corrected chi connectivity index (χ0v) is 17.3. The number of nitrogens with zero attached hydrogens (tertiary/aromatic N) is 4. The number of carbonyl (C=O) groups excluding carboxylic acids is 1. The van der Waals surface area contributed by atoms with E-state index in [1.165, 1.54) is 12.4 Å². The average molecular weight is 410 g/mol. The molecule has 0 aliphatic heterocycles. The number of amides is 1. The van der Waals surface area contributed by atoms with Crippen molar-refractivity contribution in [2.45, 2.75) is 13.8 Å². The molecule has 0 spiro atoms. The highest BCUT2D eigenvalue weighted by molar-refractivity contribution is 6.02. The van der Waals surface area contributed by atoms with Crippen LogP contribution in [0.15, 0.2) is 79.4 Å². The van der Waals surface area contributed by atoms with Crippen LogP contribution in [0.2, 0.25) is 0 Å². The van der Waals surface area contributed by atoms with Gasteiger partial charge in [-0.05, 0) is 55.3 Å². The van der Waals surface area contributed by atoms with Crippen LogP contribution in [0.4, 0.5) is 17.2 Å². The topological polar surface area (TPSA) is 84.7 Å². The minimum absolute atomic E-state index is 0.180. The van der Waals surface area contributed by atoms with Gasteiger partial charge in [-0.25, -0.2) is 15.0 Å². The number of rotatable bonds is 6. The molecule has 154 valence electrons. The van der Waals surface area contributed by atoms with Crippen LogP contribution in [-0.4, -0.2) is 25.4 Å². The molecule has 0 fully saturated rings. The molecule has 31 heavy (non-hydrogen) atoms. The van der Waals surface area contributed by atoms with Gasteiger partial charge in [0, 0.05) is 35.9 Å². The summed E-state index contributed by atoms with van der Waals surface area (Å²) in [5.74, 6) is 2.06. The first-order chi connectivity index (χ1) is 15.1. The molecule has 0 unspecified atom stereocenters. The zero-order valence-electron chi connectivity index (χ0n) is 17.3. The Labute approximate surface area is 180 Å². The summed E-state index contributed by atoms with van der Waals surface area (Å²) in [4.78, 5) is 25.0. The average Bonchev–Trinajstić information content (AvgIpc) is 3.21. The summed E-state index contributed by atoms with van der Waals surface area (Å²) in [5.41, 5.74) is 3.70. The largest absolute Gasteiger partial charge is 0.340 e. The molecule has 0 radical (unpaired) electrons. The van der Waals surface area contributed by atoms with Crippen molar-refractivity contribution in [3.05, 3.63) is 96.3 Å². The second-order valence-corrected chi connectivity index (χ2v) is 6.99. The number of hydrogen-bond acceptors (Lipinski definition) is 5. The van der Waals surface area contributed by atoms with Gasteiger partial charge in [0.15, 0.2) is 0 Å². The highest BCUT2D eigenvalue weighted by Gasteiger charge is 2.05. The number of anilines is 3. The number of imidazole rings is 1. The van der Waals surface area contributed by atoms with Crippen LogP contribution in [0.5, 0.6) is 0 Å². The van der Waals surface area contributed by atoms with Crippen molar-refractivity contribution in [3.63, 3.8) is 0 Å². The molecule has 2 aromatic carbocycles. The molecule has 4 rings (SSSR count). The van der Waals surface area contributed by atoms with Gasteiger partial charge in [0.05, 0.1) is 0 Å². The first-order valence-electron chi connectivity index (χ1n) is 9.83. The van der Waals surface area contributed by atoms with Gasteiger partial charge in [0.2, 0.25) is 5.91 Å². The van der Waals surface area contributed by atoms with Crippen LogP contribution < -0.4 is 10.6 Å². The van der Waals surface area contributed by atoms with Crippen LogP contribution in [-0.2, 0) is 4.79 Å². The van der Waals surface area contributed by atoms with Gasteiger partial charge >= 0.3 is 0 Å². The minimum Gasteiger partial charge on any atom is -0.340 e. The number of carbonyl (C=O) groups is 1. The number of aromatic nitrogens is 4. The van der Waals surface area contributed by atoms with Gasteiger partial charge in [-0.15, -0.1) is 0 Å². The quantitative estimate of drug-likeness (QED) is 0.451. The highest BCUT2D eigenvalue weighted by atomic mass is 16.1. The summed E-state index contributed by atoms with van der Waals surface area (Å²) >= 11 is 0. The lowest BCUT2D eigenvalue weighted by Gasteiger charge is -2.09. The van der Waals surface area contributed by atoms with E-state index in [1.54, 1.807) is 6.20 Å². The molecule has 4 aromatic rings. The lowest BCUT2D eigenvalue weighted by atomic mass is 10.1. The van der Waals surface area contributed by atoms with Crippen molar-refractivity contribution in [1.82, 2.24) is 19.5 Å². The lowest BCUT2D eigenvalue weighted by molar-refractivity contribution is -0.111. The maximum absolute atomic E-state index is 12.2. The van der Waals surface area contributed by atoms with Gasteiger partial charge in [-0.2, -0.15) is 0 Å². The smallest absolute Gasteiger partial charge is 0.248 e. The molecular formula is C24H22N6O. The van der Waals surface area contributed by atoms with Crippen LogP contribution in [0, 0.1) is 13.8 Å². The molecule has 1 amide bonds. The second kappa shape index (κ2) is 9.04. The van der Waals surface area contributed by atoms with Crippen molar-refractivity contribution >= 4 is 29.2 Å². The molecule has 2 N–H and O–H groups in total. The van der Waals surface area contributed by atoms with Crippen LogP contribution >= 0.6 is 0 Å². The number of aryl methyl sites for hydroxylation is 2. The van der Waals surface area contributed by atoms with Gasteiger partial charge in [-0.3, -0.25) is 9.36 Å². The van der Waals surface area contributed by atoms with Gasteiger partial charge < -0.3 is 10.6 Å². The molecule has 0 saturated heterocycles. The number of nitrogens with one attached hydrogen (secondary N) is 2. The predicted octanol–water partition coefficient (Wildman–Crippen LogP) is 4.67. The number of benzene rings is 2. The maximum Gasteiger partial charge on any atom is 0.248 e. The van der Waals surface area contributed by atoms with E-state index in [-0.39, 0.29) is 5.91 Å². The normalized spacial score (nSPS) is 10.9. The third-order valence-electron chi connectivity index (χ3n) is 4.75. The molecule has 0 aliphatic carbocycles. The Morgan fingerprint density at radius 1 is 0.968 bits per heavy atom. The van der Waals surface area contributed by atoms with Crippen LogP contribution in [0.3, 0.4) is 0 Å². The standard InChI is InChI=1S/C24H22N6O/c1-17-5-3-4-6-19(17)7-12-24(31)29-21-10-8-20(9-11-21)28-22-15-23(27-16-26-22)30-14-13-25-18(30)2/h3-16H,1-2H3,(H,29,31)(H,26,27,28)/b12-7+. The summed E-state index contributed by atoms with van der Waals surface area (Å²) in [6.45, 7) is 3.93. The lowest BCUT2D eigenvalue weighted by Crippen LogP contribution is -2.07. The van der Waals surface area contributed by atoms with Crippen molar-refractivity contribution in [2.75, 3.05) is 10.6 Å². The summed E-state index contributed by atoms with van der Waals surface area (Å²) < 4.78 is 1.88. The third-order valence-corrected chi connectivity index (χ3v) is 4.75. The van der Waals surface area contributed by atoms with E-state index < -0.39 is 0 Å². The van der Waals surface area contributed by atoms with Gasteiger partial charge in [0.25, 0.3) is 0 Å². The Kier molecular flexibility index (Phi) is 5.84. The van der Waals surface area contributed by atoms with Crippen molar-refractivity contribution < 1.29 is 4.79 Å². The predicted molar refractivity (Wildman–Crippen MR) is 122 cm³/mol. The van der Waals surface area contributed by atoms with Crippen molar-refractivity contribution in [3.8, 4) is 5.82 Å². The van der Waals surface area contributed by atoms with E-state index in [9.17, 15) is 4.79 Å². The van der Waals surface area contributed by atoms with Crippen LogP contribution in [0.1, 0.15) is 17.0 Å². The Hall–Kier alpha value is -4.26. The van der Waals surface area contributed by atoms with E-state index in [0.717, 1.165) is 28.5 Å². The molecule has 0 saturated carbocycles. The fourth-order valence-electron chi connectivity index (χ4n) is 3.08. The molecule has 0 bridgehead atoms. The molecule has 2 aromatic heterocycles. The summed E-state index contributed by atoms with van der Waals surface area (Å²) in [7, 11) is 0. The van der Waals surface area contributed by atoms with Gasteiger partial charge in [-0.1, -0.05) is 24.3 Å². The fourth-order valence-corrected chi connectivity index (χ4v) is 3.08. The Bertz CT molecular complexity index is 1230. The van der Waals surface area contributed by atoms with E-state index in [0.29, 0.717) is 11.5 Å². The summed E-state index contributed by atoms with van der Waals surface area (Å²) in [6, 6.07) is 17.2. The van der Waals surface area contributed by atoms with Crippen molar-refractivity contribution in [1.29, 1.82) is 0 Å². The molecular weight excluding hydrogens is 388 g/mol. The van der Waals surface area contributed by atoms with Gasteiger partial charge in [0.1, 0.15) is 23.8 Å². The molecule has 0 aliphatic rings. The first kappa shape index (κ1) is 20.0. The molecule has 2 heterocycles. The first-order valence-corrected chi connectivity index (χ1v) is 9.83. The summed E-state index contributed by atoms with van der Waals surface area (Å²) in [5, 5.41) is 6.11. The molecule has 7 heteroatoms. The Morgan fingerprint density at radius 3 is 2.48 bits per heavy atom. The van der Waals surface area contributed by atoms with E-state index in [2.05, 4.69) is 25.6 Å². The van der Waals surface area contributed by atoms with Crippen molar-refractivity contribution in [2.24, 2.45) is 0 Å². The number of hydrogen-bond donors (Lipinski definition) is 2. The van der Waals surface area contributed by atoms with Crippen LogP contribution in [0.25, 0.3) is 11.9 Å². The summed E-state index contributed by atoms with van der Waals surface area (Å²) in [6.07, 6.45) is 8.44. The fraction of sp³-hybridized carbons (Fsp3) is 0.0833. The third kappa shape index (κ3) is 5.02. The van der Waals surface area contributed by atoms with E-state index in [1.807, 2.05) is 85.3 Å². The monoisotopic (exact) mass is 410 g/mol. The zero-order chi connectivity index (χ0) is 21.6. The minimum atomic E-state index is -0.180. The second-order valence-electron chi connectivity index (χ2n) is 6.99.